The highest BCUT2D eigenvalue weighted by molar-refractivity contribution is 6.01. The minimum Gasteiger partial charge on any atom is -0.383 e. The topological polar surface area (TPSA) is 60.9 Å². The second kappa shape index (κ2) is 4.31. The Labute approximate surface area is 117 Å². The van der Waals surface area contributed by atoms with E-state index in [0.29, 0.717) is 13.1 Å². The summed E-state index contributed by atoms with van der Waals surface area (Å²) in [5.74, 6) is -0.786. The SMILES string of the molecule is CC1C(O)C(=O)N(C)C12CN(Cc1ccccc1)C2=O. The molecule has 2 aliphatic rings. The molecule has 1 spiro atoms. The van der Waals surface area contributed by atoms with Gasteiger partial charge in [0.2, 0.25) is 0 Å². The molecule has 2 saturated heterocycles. The highest BCUT2D eigenvalue weighted by atomic mass is 16.3. The molecule has 3 rings (SSSR count). The standard InChI is InChI=1S/C15H18N2O3/c1-10-12(18)13(19)16(2)15(10)9-17(14(15)20)8-11-6-4-3-5-7-11/h3-7,10,12,18H,8-9H2,1-2H3. The van der Waals surface area contributed by atoms with Crippen LogP contribution in [0.4, 0.5) is 0 Å². The lowest BCUT2D eigenvalue weighted by Gasteiger charge is -2.52. The van der Waals surface area contributed by atoms with Crippen molar-refractivity contribution in [1.29, 1.82) is 0 Å². The van der Waals surface area contributed by atoms with Gasteiger partial charge >= 0.3 is 0 Å². The van der Waals surface area contributed by atoms with Crippen molar-refractivity contribution in [3.05, 3.63) is 35.9 Å². The van der Waals surface area contributed by atoms with Crippen LogP contribution in [-0.4, -0.2) is 52.0 Å². The van der Waals surface area contributed by atoms with E-state index < -0.39 is 11.6 Å². The zero-order valence-electron chi connectivity index (χ0n) is 11.6. The first kappa shape index (κ1) is 13.1. The van der Waals surface area contributed by atoms with Crippen molar-refractivity contribution in [3.8, 4) is 0 Å². The van der Waals surface area contributed by atoms with Crippen LogP contribution in [0.3, 0.4) is 0 Å². The van der Waals surface area contributed by atoms with Gasteiger partial charge in [-0.3, -0.25) is 9.59 Å². The number of hydrogen-bond acceptors (Lipinski definition) is 3. The van der Waals surface area contributed by atoms with Crippen molar-refractivity contribution in [2.75, 3.05) is 13.6 Å². The second-order valence-electron chi connectivity index (χ2n) is 5.70. The number of likely N-dealkylation sites (N-methyl/N-ethyl adjacent to an activating group) is 1. The van der Waals surface area contributed by atoms with Gasteiger partial charge in [0.1, 0.15) is 11.6 Å². The van der Waals surface area contributed by atoms with E-state index in [4.69, 9.17) is 0 Å². The number of amides is 2. The molecule has 1 aromatic carbocycles. The minimum absolute atomic E-state index is 0.0683. The third-order valence-electron chi connectivity index (χ3n) is 4.71. The summed E-state index contributed by atoms with van der Waals surface area (Å²) in [6.45, 7) is 2.80. The van der Waals surface area contributed by atoms with Gasteiger partial charge < -0.3 is 14.9 Å². The predicted octanol–water partition coefficient (Wildman–Crippen LogP) is 0.237. The number of hydrogen-bond donors (Lipinski definition) is 1. The number of nitrogens with zero attached hydrogens (tertiary/aromatic N) is 2. The van der Waals surface area contributed by atoms with Crippen LogP contribution in [0.25, 0.3) is 0 Å². The lowest BCUT2D eigenvalue weighted by molar-refractivity contribution is -0.167. The van der Waals surface area contributed by atoms with Crippen LogP contribution in [0.5, 0.6) is 0 Å². The van der Waals surface area contributed by atoms with E-state index in [1.807, 2.05) is 30.3 Å². The molecule has 106 valence electrons. The van der Waals surface area contributed by atoms with Gasteiger partial charge in [0, 0.05) is 19.5 Å². The number of carbonyl (C=O) groups excluding carboxylic acids is 2. The van der Waals surface area contributed by atoms with Gasteiger partial charge in [-0.25, -0.2) is 0 Å². The number of β-lactam (4-membered cyclic amide) rings is 1. The van der Waals surface area contributed by atoms with Crippen molar-refractivity contribution in [1.82, 2.24) is 9.80 Å². The molecule has 3 unspecified atom stereocenters. The third kappa shape index (κ3) is 1.53. The van der Waals surface area contributed by atoms with E-state index in [2.05, 4.69) is 0 Å². The predicted molar refractivity (Wildman–Crippen MR) is 72.5 cm³/mol. The Morgan fingerprint density at radius 3 is 2.45 bits per heavy atom. The Morgan fingerprint density at radius 1 is 1.30 bits per heavy atom. The van der Waals surface area contributed by atoms with Crippen molar-refractivity contribution in [2.45, 2.75) is 25.1 Å². The van der Waals surface area contributed by atoms with Crippen LogP contribution >= 0.6 is 0 Å². The summed E-state index contributed by atoms with van der Waals surface area (Å²) in [7, 11) is 1.60. The molecule has 5 nitrogen and oxygen atoms in total. The Bertz CT molecular complexity index is 559. The van der Waals surface area contributed by atoms with Crippen LogP contribution in [0, 0.1) is 5.92 Å². The highest BCUT2D eigenvalue weighted by Crippen LogP contribution is 2.43. The Hall–Kier alpha value is -1.88. The van der Waals surface area contributed by atoms with E-state index in [9.17, 15) is 14.7 Å². The Balaban J connectivity index is 1.78. The maximum absolute atomic E-state index is 12.5. The van der Waals surface area contributed by atoms with E-state index >= 15 is 0 Å². The normalized spacial score (nSPS) is 33.0. The molecule has 1 N–H and O–H groups in total. The fourth-order valence-corrected chi connectivity index (χ4v) is 3.31. The first-order chi connectivity index (χ1) is 9.48. The number of carbonyl (C=O) groups is 2. The fraction of sp³-hybridized carbons (Fsp3) is 0.467. The summed E-state index contributed by atoms with van der Waals surface area (Å²) in [4.78, 5) is 27.5. The van der Waals surface area contributed by atoms with Crippen LogP contribution in [0.15, 0.2) is 30.3 Å². The number of likely N-dealkylation sites (tertiary alicyclic amines) is 2. The first-order valence-corrected chi connectivity index (χ1v) is 6.77. The third-order valence-corrected chi connectivity index (χ3v) is 4.71. The molecule has 2 fully saturated rings. The Morgan fingerprint density at radius 2 is 1.95 bits per heavy atom. The molecule has 2 heterocycles. The summed E-state index contributed by atoms with van der Waals surface area (Å²) in [6.07, 6.45) is -1.07. The number of aliphatic hydroxyl groups is 1. The molecule has 0 aromatic heterocycles. The summed E-state index contributed by atoms with van der Waals surface area (Å²) in [5.41, 5.74) is 0.224. The van der Waals surface area contributed by atoms with Gasteiger partial charge in [-0.15, -0.1) is 0 Å². The van der Waals surface area contributed by atoms with Crippen molar-refractivity contribution >= 4 is 11.8 Å². The number of rotatable bonds is 2. The molecule has 0 aliphatic carbocycles. The summed E-state index contributed by atoms with van der Waals surface area (Å²) >= 11 is 0. The lowest BCUT2D eigenvalue weighted by Crippen LogP contribution is -2.73. The zero-order chi connectivity index (χ0) is 14.5. The molecule has 2 amide bonds. The van der Waals surface area contributed by atoms with Gasteiger partial charge in [0.15, 0.2) is 0 Å². The van der Waals surface area contributed by atoms with Gasteiger partial charge in [0.25, 0.3) is 11.8 Å². The molecule has 1 aromatic rings. The van der Waals surface area contributed by atoms with E-state index in [0.717, 1.165) is 5.56 Å². The zero-order valence-corrected chi connectivity index (χ0v) is 11.6. The van der Waals surface area contributed by atoms with Gasteiger partial charge in [-0.1, -0.05) is 37.3 Å². The van der Waals surface area contributed by atoms with Gasteiger partial charge in [0.05, 0.1) is 6.54 Å². The van der Waals surface area contributed by atoms with Gasteiger partial charge in [-0.2, -0.15) is 0 Å². The molecule has 0 saturated carbocycles. The Kier molecular flexibility index (Phi) is 2.83. The quantitative estimate of drug-likeness (QED) is 0.786. The van der Waals surface area contributed by atoms with Crippen molar-refractivity contribution in [3.63, 3.8) is 0 Å². The van der Waals surface area contributed by atoms with Crippen LogP contribution in [-0.2, 0) is 16.1 Å². The molecule has 0 radical (unpaired) electrons. The second-order valence-corrected chi connectivity index (χ2v) is 5.70. The molecule has 5 heteroatoms. The molecule has 3 atom stereocenters. The summed E-state index contributed by atoms with van der Waals surface area (Å²) < 4.78 is 0. The average molecular weight is 274 g/mol. The summed E-state index contributed by atoms with van der Waals surface area (Å²) in [6, 6.07) is 9.75. The largest absolute Gasteiger partial charge is 0.383 e. The van der Waals surface area contributed by atoms with E-state index in [1.165, 1.54) is 4.90 Å². The van der Waals surface area contributed by atoms with Crippen molar-refractivity contribution < 1.29 is 14.7 Å². The van der Waals surface area contributed by atoms with E-state index in [1.54, 1.807) is 18.9 Å². The van der Waals surface area contributed by atoms with E-state index in [-0.39, 0.29) is 17.7 Å². The van der Waals surface area contributed by atoms with Gasteiger partial charge in [-0.05, 0) is 5.56 Å². The lowest BCUT2D eigenvalue weighted by atomic mass is 9.77. The summed E-state index contributed by atoms with van der Waals surface area (Å²) in [5, 5.41) is 9.87. The maximum Gasteiger partial charge on any atom is 0.252 e. The molecule has 20 heavy (non-hydrogen) atoms. The van der Waals surface area contributed by atoms with Crippen LogP contribution in [0.2, 0.25) is 0 Å². The maximum atomic E-state index is 12.5. The van der Waals surface area contributed by atoms with Crippen LogP contribution < -0.4 is 0 Å². The first-order valence-electron chi connectivity index (χ1n) is 6.77. The molecule has 2 aliphatic heterocycles. The minimum atomic E-state index is -1.07. The monoisotopic (exact) mass is 274 g/mol. The number of aliphatic hydroxyl groups excluding tert-OH is 1. The van der Waals surface area contributed by atoms with Crippen LogP contribution in [0.1, 0.15) is 12.5 Å². The smallest absolute Gasteiger partial charge is 0.252 e. The van der Waals surface area contributed by atoms with Crippen molar-refractivity contribution in [2.24, 2.45) is 5.92 Å². The average Bonchev–Trinajstić information content (AvgIpc) is 2.64. The highest BCUT2D eigenvalue weighted by Gasteiger charge is 2.66. The fourth-order valence-electron chi connectivity index (χ4n) is 3.31. The number of benzene rings is 1. The molecule has 0 bridgehead atoms. The molecular weight excluding hydrogens is 256 g/mol. The molecular formula is C15H18N2O3.